The van der Waals surface area contributed by atoms with Crippen LogP contribution in [0.15, 0.2) is 12.4 Å². The zero-order valence-electron chi connectivity index (χ0n) is 10.8. The van der Waals surface area contributed by atoms with Crippen molar-refractivity contribution >= 4 is 11.7 Å². The van der Waals surface area contributed by atoms with Crippen LogP contribution in [0.2, 0.25) is 0 Å². The molecule has 6 nitrogen and oxygen atoms in total. The van der Waals surface area contributed by atoms with E-state index in [0.717, 1.165) is 12.4 Å². The molecule has 1 aromatic heterocycles. The van der Waals surface area contributed by atoms with Gasteiger partial charge in [-0.05, 0) is 26.9 Å². The van der Waals surface area contributed by atoms with Crippen LogP contribution in [-0.2, 0) is 0 Å². The number of carbonyl (C=O) groups excluding carboxylic acids is 1. The first-order valence-electron chi connectivity index (χ1n) is 6.16. The smallest absolute Gasteiger partial charge is 0.319 e. The van der Waals surface area contributed by atoms with Crippen molar-refractivity contribution in [3.8, 4) is 0 Å². The number of anilines is 1. The summed E-state index contributed by atoms with van der Waals surface area (Å²) >= 11 is 0. The molecule has 0 aromatic carbocycles. The highest BCUT2D eigenvalue weighted by atomic mass is 16.2. The van der Waals surface area contributed by atoms with Gasteiger partial charge in [-0.25, -0.2) is 14.8 Å². The molecule has 1 aromatic rings. The monoisotopic (exact) mass is 249 g/mol. The van der Waals surface area contributed by atoms with E-state index in [1.807, 2.05) is 19.0 Å². The third kappa shape index (κ3) is 3.96. The lowest BCUT2D eigenvalue weighted by Gasteiger charge is -2.11. The highest BCUT2D eigenvalue weighted by Crippen LogP contribution is 2.37. The number of rotatable bonds is 5. The molecule has 2 N–H and O–H groups in total. The molecule has 1 aliphatic rings. The lowest BCUT2D eigenvalue weighted by molar-refractivity contribution is 0.250. The molecule has 0 atom stereocenters. The molecule has 98 valence electrons. The maximum Gasteiger partial charge on any atom is 0.319 e. The Morgan fingerprint density at radius 2 is 2.06 bits per heavy atom. The summed E-state index contributed by atoms with van der Waals surface area (Å²) in [6.07, 6.45) is 5.67. The normalized spacial score (nSPS) is 14.6. The quantitative estimate of drug-likeness (QED) is 0.818. The molecule has 0 radical (unpaired) electrons. The number of hydrogen-bond acceptors (Lipinski definition) is 4. The molecule has 0 spiro atoms. The van der Waals surface area contributed by atoms with Gasteiger partial charge in [-0.15, -0.1) is 0 Å². The second kappa shape index (κ2) is 5.77. The summed E-state index contributed by atoms with van der Waals surface area (Å²) in [7, 11) is 3.92. The topological polar surface area (TPSA) is 70.2 Å². The van der Waals surface area contributed by atoms with Crippen molar-refractivity contribution in [2.45, 2.75) is 18.8 Å². The fraction of sp³-hybridized carbons (Fsp3) is 0.583. The van der Waals surface area contributed by atoms with Gasteiger partial charge in [-0.3, -0.25) is 0 Å². The average Bonchev–Trinajstić information content (AvgIpc) is 3.13. The largest absolute Gasteiger partial charge is 0.337 e. The zero-order valence-corrected chi connectivity index (χ0v) is 10.8. The first-order valence-corrected chi connectivity index (χ1v) is 6.16. The highest BCUT2D eigenvalue weighted by Gasteiger charge is 2.26. The molecule has 0 saturated heterocycles. The second-order valence-electron chi connectivity index (χ2n) is 4.79. The minimum Gasteiger partial charge on any atom is -0.337 e. The fourth-order valence-electron chi connectivity index (χ4n) is 1.52. The Balaban J connectivity index is 1.75. The number of urea groups is 1. The van der Waals surface area contributed by atoms with Crippen LogP contribution >= 0.6 is 0 Å². The predicted octanol–water partition coefficient (Wildman–Crippen LogP) is 1.04. The van der Waals surface area contributed by atoms with Crippen molar-refractivity contribution in [3.05, 3.63) is 18.2 Å². The molecule has 0 unspecified atom stereocenters. The number of nitrogens with zero attached hydrogens (tertiary/aromatic N) is 3. The molecule has 1 aliphatic carbocycles. The number of carbonyl (C=O) groups is 1. The van der Waals surface area contributed by atoms with Crippen LogP contribution in [0, 0.1) is 0 Å². The zero-order chi connectivity index (χ0) is 13.0. The summed E-state index contributed by atoms with van der Waals surface area (Å²) in [5.41, 5.74) is 0.627. The summed E-state index contributed by atoms with van der Waals surface area (Å²) in [6, 6.07) is -0.223. The van der Waals surface area contributed by atoms with Gasteiger partial charge in [-0.2, -0.15) is 0 Å². The molecular formula is C12H19N5O. The molecule has 1 saturated carbocycles. The van der Waals surface area contributed by atoms with Crippen molar-refractivity contribution in [2.75, 3.05) is 32.5 Å². The molecular weight excluding hydrogens is 230 g/mol. The minimum atomic E-state index is -0.223. The molecule has 1 heterocycles. The Morgan fingerprint density at radius 3 is 2.61 bits per heavy atom. The van der Waals surface area contributed by atoms with Crippen LogP contribution in [0.25, 0.3) is 0 Å². The summed E-state index contributed by atoms with van der Waals surface area (Å²) in [5, 5.41) is 5.47. The van der Waals surface area contributed by atoms with E-state index >= 15 is 0 Å². The molecule has 2 rings (SSSR count). The average molecular weight is 249 g/mol. The SMILES string of the molecule is CN(C)CCNC(=O)Nc1cnc(C2CC2)nc1. The third-order valence-corrected chi connectivity index (χ3v) is 2.72. The van der Waals surface area contributed by atoms with Crippen LogP contribution in [-0.4, -0.2) is 48.1 Å². The maximum absolute atomic E-state index is 11.5. The summed E-state index contributed by atoms with van der Waals surface area (Å²) in [4.78, 5) is 22.0. The minimum absolute atomic E-state index is 0.223. The molecule has 0 aliphatic heterocycles. The van der Waals surface area contributed by atoms with Gasteiger partial charge in [0.25, 0.3) is 0 Å². The van der Waals surface area contributed by atoms with E-state index in [-0.39, 0.29) is 6.03 Å². The maximum atomic E-state index is 11.5. The van der Waals surface area contributed by atoms with Crippen molar-refractivity contribution in [1.29, 1.82) is 0 Å². The molecule has 1 fully saturated rings. The van der Waals surface area contributed by atoms with Crippen molar-refractivity contribution < 1.29 is 4.79 Å². The Bertz CT molecular complexity index is 399. The van der Waals surface area contributed by atoms with Gasteiger partial charge < -0.3 is 15.5 Å². The van der Waals surface area contributed by atoms with E-state index in [2.05, 4.69) is 20.6 Å². The first-order chi connectivity index (χ1) is 8.65. The van der Waals surface area contributed by atoms with E-state index in [9.17, 15) is 4.79 Å². The van der Waals surface area contributed by atoms with E-state index in [1.165, 1.54) is 12.8 Å². The Kier molecular flexibility index (Phi) is 4.09. The standard InChI is InChI=1S/C12H19N5O/c1-17(2)6-5-13-12(18)16-10-7-14-11(15-8-10)9-3-4-9/h7-9H,3-6H2,1-2H3,(H2,13,16,18). The predicted molar refractivity (Wildman–Crippen MR) is 69.6 cm³/mol. The molecule has 0 bridgehead atoms. The molecule has 6 heteroatoms. The number of nitrogens with one attached hydrogen (secondary N) is 2. The van der Waals surface area contributed by atoms with E-state index < -0.39 is 0 Å². The van der Waals surface area contributed by atoms with Gasteiger partial charge in [0.05, 0.1) is 18.1 Å². The fourth-order valence-corrected chi connectivity index (χ4v) is 1.52. The Hall–Kier alpha value is -1.69. The van der Waals surface area contributed by atoms with Crippen LogP contribution in [0.1, 0.15) is 24.6 Å². The van der Waals surface area contributed by atoms with Gasteiger partial charge in [-0.1, -0.05) is 0 Å². The molecule has 2 amide bonds. The van der Waals surface area contributed by atoms with Gasteiger partial charge in [0.2, 0.25) is 0 Å². The highest BCUT2D eigenvalue weighted by molar-refractivity contribution is 5.88. The Labute approximate surface area is 107 Å². The van der Waals surface area contributed by atoms with Crippen LogP contribution < -0.4 is 10.6 Å². The van der Waals surface area contributed by atoms with E-state index in [4.69, 9.17) is 0 Å². The van der Waals surface area contributed by atoms with E-state index in [1.54, 1.807) is 12.4 Å². The van der Waals surface area contributed by atoms with Gasteiger partial charge >= 0.3 is 6.03 Å². The number of amides is 2. The lowest BCUT2D eigenvalue weighted by Crippen LogP contribution is -2.34. The summed E-state index contributed by atoms with van der Waals surface area (Å²) in [5.74, 6) is 1.42. The summed E-state index contributed by atoms with van der Waals surface area (Å²) in [6.45, 7) is 1.42. The third-order valence-electron chi connectivity index (χ3n) is 2.72. The van der Waals surface area contributed by atoms with Gasteiger partial charge in [0.15, 0.2) is 0 Å². The van der Waals surface area contributed by atoms with Gasteiger partial charge in [0.1, 0.15) is 5.82 Å². The molecule has 18 heavy (non-hydrogen) atoms. The van der Waals surface area contributed by atoms with Crippen molar-refractivity contribution in [2.24, 2.45) is 0 Å². The Morgan fingerprint density at radius 1 is 1.39 bits per heavy atom. The van der Waals surface area contributed by atoms with Crippen molar-refractivity contribution in [1.82, 2.24) is 20.2 Å². The van der Waals surface area contributed by atoms with Crippen LogP contribution in [0.3, 0.4) is 0 Å². The lowest BCUT2D eigenvalue weighted by atomic mass is 10.4. The summed E-state index contributed by atoms with van der Waals surface area (Å²) < 4.78 is 0. The van der Waals surface area contributed by atoms with Crippen LogP contribution in [0.5, 0.6) is 0 Å². The van der Waals surface area contributed by atoms with E-state index in [0.29, 0.717) is 18.2 Å². The number of likely N-dealkylation sites (N-methyl/N-ethyl adjacent to an activating group) is 1. The number of aromatic nitrogens is 2. The number of hydrogen-bond donors (Lipinski definition) is 2. The second-order valence-corrected chi connectivity index (χ2v) is 4.79. The first kappa shape index (κ1) is 12.8. The van der Waals surface area contributed by atoms with Crippen molar-refractivity contribution in [3.63, 3.8) is 0 Å². The van der Waals surface area contributed by atoms with Gasteiger partial charge in [0, 0.05) is 19.0 Å². The van der Waals surface area contributed by atoms with Crippen LogP contribution in [0.4, 0.5) is 10.5 Å².